The van der Waals surface area contributed by atoms with Crippen molar-refractivity contribution in [1.29, 1.82) is 0 Å². The Bertz CT molecular complexity index is 1870. The summed E-state index contributed by atoms with van der Waals surface area (Å²) in [4.78, 5) is 44.5. The molecule has 5 rings (SSSR count). The quantitative estimate of drug-likeness (QED) is 0.209. The van der Waals surface area contributed by atoms with Crippen LogP contribution < -0.4 is 29.1 Å². The summed E-state index contributed by atoms with van der Waals surface area (Å²) >= 11 is 1.21. The zero-order chi connectivity index (χ0) is 30.5. The van der Waals surface area contributed by atoms with E-state index < -0.39 is 18.0 Å². The molecule has 0 amide bonds. The van der Waals surface area contributed by atoms with Crippen LogP contribution in [0.25, 0.3) is 11.8 Å². The molecule has 1 aromatic heterocycles. The summed E-state index contributed by atoms with van der Waals surface area (Å²) in [5.74, 6) is 0.295. The number of carbonyl (C=O) groups is 2. The van der Waals surface area contributed by atoms with Crippen LogP contribution in [0.1, 0.15) is 43.5 Å². The van der Waals surface area contributed by atoms with Crippen molar-refractivity contribution in [2.24, 2.45) is 4.99 Å². The Morgan fingerprint density at radius 1 is 0.977 bits per heavy atom. The Morgan fingerprint density at radius 2 is 1.72 bits per heavy atom. The van der Waals surface area contributed by atoms with E-state index in [1.165, 1.54) is 22.8 Å². The lowest BCUT2D eigenvalue weighted by molar-refractivity contribution is -0.139. The minimum atomic E-state index is -0.802. The molecule has 3 aromatic carbocycles. The number of ether oxygens (including phenoxy) is 4. The lowest BCUT2D eigenvalue weighted by Gasteiger charge is -2.26. The van der Waals surface area contributed by atoms with Crippen molar-refractivity contribution in [3.63, 3.8) is 0 Å². The number of benzene rings is 3. The highest BCUT2D eigenvalue weighted by atomic mass is 32.1. The number of carbonyl (C=O) groups excluding carboxylic acids is 2. The van der Waals surface area contributed by atoms with Crippen LogP contribution in [-0.2, 0) is 14.3 Å². The van der Waals surface area contributed by atoms with E-state index in [1.807, 2.05) is 49.4 Å². The van der Waals surface area contributed by atoms with Gasteiger partial charge in [-0.3, -0.25) is 14.2 Å². The Labute approximate surface area is 252 Å². The number of esters is 2. The van der Waals surface area contributed by atoms with Crippen molar-refractivity contribution >= 4 is 35.0 Å². The lowest BCUT2D eigenvalue weighted by Crippen LogP contribution is -2.40. The molecule has 1 atom stereocenters. The van der Waals surface area contributed by atoms with Crippen molar-refractivity contribution in [3.05, 3.63) is 115 Å². The monoisotopic (exact) mass is 598 g/mol. The number of thiazole rings is 1. The number of hydrogen-bond acceptors (Lipinski definition) is 9. The molecule has 10 heteroatoms. The summed E-state index contributed by atoms with van der Waals surface area (Å²) in [6.45, 7) is 5.41. The highest BCUT2D eigenvalue weighted by molar-refractivity contribution is 7.07. The third kappa shape index (κ3) is 6.14. The molecule has 9 nitrogen and oxygen atoms in total. The molecule has 2 heterocycles. The number of nitrogens with zero attached hydrogens (tertiary/aromatic N) is 2. The van der Waals surface area contributed by atoms with Crippen LogP contribution in [0.4, 0.5) is 0 Å². The fraction of sp³-hybridized carbons (Fsp3) is 0.212. The summed E-state index contributed by atoms with van der Waals surface area (Å²) in [6.07, 6.45) is 1.73. The molecule has 0 unspecified atom stereocenters. The number of aromatic nitrogens is 1. The molecule has 0 bridgehead atoms. The van der Waals surface area contributed by atoms with Crippen molar-refractivity contribution < 1.29 is 28.5 Å². The Hall–Kier alpha value is -4.96. The summed E-state index contributed by atoms with van der Waals surface area (Å²) in [6, 6.07) is 20.9. The Kier molecular flexibility index (Phi) is 8.87. The Balaban J connectivity index is 1.75. The molecule has 0 radical (unpaired) electrons. The molecular weight excluding hydrogens is 568 g/mol. The van der Waals surface area contributed by atoms with E-state index in [-0.39, 0.29) is 17.7 Å². The SMILES string of the molecule is CCOC(=O)C1=C(c2ccccc2)N=c2s/c(=C\c3ccc(OC(C)=O)c(OCC)c3)c(=O)n2[C@H]1c1ccc(OC)cc1. The molecule has 0 fully saturated rings. The standard InChI is InChI=1S/C33H30N2O7S/c1-5-40-26-18-21(12-17-25(26)42-20(3)36)19-27-31(37)35-30(23-13-15-24(39-4)16-14-23)28(32(38)41-6-2)29(34-33(35)43-27)22-10-8-7-9-11-22/h7-19,30H,5-6H2,1-4H3/b27-19-/t30-/m0/s1. The molecule has 220 valence electrons. The summed E-state index contributed by atoms with van der Waals surface area (Å²) in [7, 11) is 1.57. The van der Waals surface area contributed by atoms with Crippen LogP contribution in [0, 0.1) is 0 Å². The molecule has 1 aliphatic heterocycles. The molecule has 0 saturated heterocycles. The van der Waals surface area contributed by atoms with Gasteiger partial charge in [-0.15, -0.1) is 0 Å². The van der Waals surface area contributed by atoms with Gasteiger partial charge in [0.05, 0.1) is 42.2 Å². The van der Waals surface area contributed by atoms with Gasteiger partial charge in [0.2, 0.25) is 0 Å². The van der Waals surface area contributed by atoms with Gasteiger partial charge in [-0.2, -0.15) is 0 Å². The van der Waals surface area contributed by atoms with Crippen LogP contribution in [0.5, 0.6) is 17.2 Å². The van der Waals surface area contributed by atoms with Crippen LogP contribution in [-0.4, -0.2) is 36.8 Å². The largest absolute Gasteiger partial charge is 0.497 e. The molecule has 0 N–H and O–H groups in total. The molecule has 0 aliphatic carbocycles. The normalized spacial score (nSPS) is 14.5. The predicted molar refractivity (Wildman–Crippen MR) is 163 cm³/mol. The van der Waals surface area contributed by atoms with Crippen molar-refractivity contribution in [1.82, 2.24) is 4.57 Å². The van der Waals surface area contributed by atoms with Crippen molar-refractivity contribution in [3.8, 4) is 17.2 Å². The first-order valence-electron chi connectivity index (χ1n) is 13.7. The van der Waals surface area contributed by atoms with Gasteiger partial charge >= 0.3 is 11.9 Å². The van der Waals surface area contributed by atoms with E-state index in [0.29, 0.717) is 50.0 Å². The third-order valence-electron chi connectivity index (χ3n) is 6.62. The lowest BCUT2D eigenvalue weighted by atomic mass is 9.93. The molecule has 4 aromatic rings. The Morgan fingerprint density at radius 3 is 2.37 bits per heavy atom. The van der Waals surface area contributed by atoms with Crippen molar-refractivity contribution in [2.45, 2.75) is 26.8 Å². The zero-order valence-corrected chi connectivity index (χ0v) is 25.0. The second-order valence-electron chi connectivity index (χ2n) is 9.44. The van der Waals surface area contributed by atoms with Gasteiger partial charge in [-0.25, -0.2) is 9.79 Å². The van der Waals surface area contributed by atoms with Gasteiger partial charge in [0.15, 0.2) is 16.3 Å². The first-order chi connectivity index (χ1) is 20.8. The van der Waals surface area contributed by atoms with Crippen LogP contribution in [0.15, 0.2) is 88.2 Å². The first kappa shape index (κ1) is 29.5. The average molecular weight is 599 g/mol. The number of fused-ring (bicyclic) bond motifs is 1. The zero-order valence-electron chi connectivity index (χ0n) is 24.2. The minimum absolute atomic E-state index is 0.162. The highest BCUT2D eigenvalue weighted by Gasteiger charge is 2.35. The fourth-order valence-corrected chi connectivity index (χ4v) is 5.82. The second kappa shape index (κ2) is 12.9. The van der Waals surface area contributed by atoms with E-state index in [2.05, 4.69) is 0 Å². The van der Waals surface area contributed by atoms with Gasteiger partial charge in [0.1, 0.15) is 5.75 Å². The van der Waals surface area contributed by atoms with Gasteiger partial charge < -0.3 is 18.9 Å². The summed E-state index contributed by atoms with van der Waals surface area (Å²) in [5, 5.41) is 0. The van der Waals surface area contributed by atoms with E-state index in [9.17, 15) is 14.4 Å². The molecule has 1 aliphatic rings. The van der Waals surface area contributed by atoms with Crippen LogP contribution in [0.2, 0.25) is 0 Å². The first-order valence-corrected chi connectivity index (χ1v) is 14.5. The molecule has 0 spiro atoms. The molecule has 43 heavy (non-hydrogen) atoms. The van der Waals surface area contributed by atoms with Gasteiger partial charge in [-0.1, -0.05) is 59.9 Å². The summed E-state index contributed by atoms with van der Waals surface area (Å²) < 4.78 is 23.7. The maximum atomic E-state index is 14.1. The van der Waals surface area contributed by atoms with E-state index in [0.717, 1.165) is 5.56 Å². The third-order valence-corrected chi connectivity index (χ3v) is 7.61. The number of hydrogen-bond donors (Lipinski definition) is 0. The van der Waals surface area contributed by atoms with Gasteiger partial charge in [-0.05, 0) is 55.3 Å². The van der Waals surface area contributed by atoms with Gasteiger partial charge in [0, 0.05) is 12.5 Å². The topological polar surface area (TPSA) is 105 Å². The smallest absolute Gasteiger partial charge is 0.338 e. The number of methoxy groups -OCH3 is 1. The maximum Gasteiger partial charge on any atom is 0.338 e. The molecular formula is C33H30N2O7S. The number of rotatable bonds is 9. The fourth-order valence-electron chi connectivity index (χ4n) is 4.82. The van der Waals surface area contributed by atoms with E-state index in [4.69, 9.17) is 23.9 Å². The molecule has 0 saturated carbocycles. The van der Waals surface area contributed by atoms with E-state index >= 15 is 0 Å². The minimum Gasteiger partial charge on any atom is -0.497 e. The van der Waals surface area contributed by atoms with Crippen molar-refractivity contribution in [2.75, 3.05) is 20.3 Å². The van der Waals surface area contributed by atoms with E-state index in [1.54, 1.807) is 50.4 Å². The van der Waals surface area contributed by atoms with Gasteiger partial charge in [0.25, 0.3) is 5.56 Å². The highest BCUT2D eigenvalue weighted by Crippen LogP contribution is 2.36. The predicted octanol–water partition coefficient (Wildman–Crippen LogP) is 4.27. The second-order valence-corrected chi connectivity index (χ2v) is 10.4. The average Bonchev–Trinajstić information content (AvgIpc) is 3.32. The summed E-state index contributed by atoms with van der Waals surface area (Å²) in [5.41, 5.74) is 2.48. The van der Waals surface area contributed by atoms with Crippen LogP contribution >= 0.6 is 11.3 Å². The maximum absolute atomic E-state index is 14.1. The van der Waals surface area contributed by atoms with Crippen LogP contribution in [0.3, 0.4) is 0 Å².